The Kier molecular flexibility index (Phi) is 75.8. The molecule has 0 heterocycles. The van der Waals surface area contributed by atoms with E-state index in [2.05, 4.69) is 148 Å². The lowest BCUT2D eigenvalue weighted by molar-refractivity contribution is -0.161. The van der Waals surface area contributed by atoms with Crippen LogP contribution in [0.15, 0.2) is 134 Å². The second-order valence-corrected chi connectivity index (χ2v) is 25.7. The molecule has 1 atom stereocenters. The third-order valence-electron chi connectivity index (χ3n) is 17.0. The van der Waals surface area contributed by atoms with Gasteiger partial charge in [-0.05, 0) is 96.3 Å². The number of hydrogen-bond acceptors (Lipinski definition) is 5. The van der Waals surface area contributed by atoms with Crippen molar-refractivity contribution in [2.75, 3.05) is 13.2 Å². The molecule has 5 nitrogen and oxygen atoms in total. The average Bonchev–Trinajstić information content (AvgIpc) is 3.60. The summed E-state index contributed by atoms with van der Waals surface area (Å²) in [6.45, 7) is 4.06. The van der Waals surface area contributed by atoms with Crippen molar-refractivity contribution in [2.45, 2.75) is 380 Å². The van der Waals surface area contributed by atoms with E-state index in [9.17, 15) is 14.7 Å². The highest BCUT2D eigenvalue weighted by Crippen LogP contribution is 2.19. The molecule has 0 aliphatic heterocycles. The normalized spacial score (nSPS) is 13.0. The summed E-state index contributed by atoms with van der Waals surface area (Å²) in [5.74, 6) is -0.595. The highest BCUT2D eigenvalue weighted by molar-refractivity contribution is 5.70. The Morgan fingerprint density at radius 1 is 0.267 bits per heavy atom. The molecule has 516 valence electrons. The van der Waals surface area contributed by atoms with Gasteiger partial charge in [0.2, 0.25) is 0 Å². The summed E-state index contributed by atoms with van der Waals surface area (Å²) in [6, 6.07) is 0. The van der Waals surface area contributed by atoms with Gasteiger partial charge in [0.25, 0.3) is 0 Å². The Labute approximate surface area is 559 Å². The van der Waals surface area contributed by atoms with Crippen LogP contribution in [0.2, 0.25) is 0 Å². The lowest BCUT2D eigenvalue weighted by atomic mass is 10.0. The number of esters is 2. The SMILES string of the molecule is CC/C=C\C/C=C\C/C=C\C/C=C\C/C=C\C/C=C\C/C=C\C/C=C\C/C=C\C/C=C\C/C=C\CCCCCCCCCC(=O)OC(CO)COC(=O)CCCCCCCCCCCCCCCCCCCCCCCCCCCCCCCCCCCCC. The van der Waals surface area contributed by atoms with E-state index < -0.39 is 6.10 Å². The highest BCUT2D eigenvalue weighted by atomic mass is 16.6. The summed E-state index contributed by atoms with van der Waals surface area (Å²) < 4.78 is 10.8. The van der Waals surface area contributed by atoms with Crippen LogP contribution in [0.4, 0.5) is 0 Å². The van der Waals surface area contributed by atoms with Crippen molar-refractivity contribution < 1.29 is 24.2 Å². The van der Waals surface area contributed by atoms with Gasteiger partial charge in [-0.15, -0.1) is 0 Å². The molecule has 0 fully saturated rings. The summed E-state index contributed by atoms with van der Waals surface area (Å²) in [5, 5.41) is 9.72. The number of aliphatic hydroxyl groups is 1. The summed E-state index contributed by atoms with van der Waals surface area (Å²) >= 11 is 0. The van der Waals surface area contributed by atoms with Crippen molar-refractivity contribution in [2.24, 2.45) is 0 Å². The van der Waals surface area contributed by atoms with Gasteiger partial charge in [-0.2, -0.15) is 0 Å². The van der Waals surface area contributed by atoms with E-state index in [1.165, 1.54) is 231 Å². The number of unbranched alkanes of at least 4 members (excludes halogenated alkanes) is 41. The molecular formula is C85H146O5. The molecule has 0 saturated carbocycles. The minimum absolute atomic E-state index is 0.0734. The zero-order chi connectivity index (χ0) is 64.7. The summed E-state index contributed by atoms with van der Waals surface area (Å²) in [6.07, 6.45) is 118. The maximum atomic E-state index is 12.4. The van der Waals surface area contributed by atoms with Crippen LogP contribution in [0.1, 0.15) is 373 Å². The first kappa shape index (κ1) is 86.0. The molecular weight excluding hydrogens is 1100 g/mol. The molecule has 0 aliphatic carbocycles. The first-order chi connectivity index (χ1) is 44.6. The zero-order valence-electron chi connectivity index (χ0n) is 59.4. The molecule has 0 aromatic rings. The molecule has 5 heteroatoms. The van der Waals surface area contributed by atoms with Gasteiger partial charge in [-0.25, -0.2) is 0 Å². The molecule has 1 N–H and O–H groups in total. The maximum Gasteiger partial charge on any atom is 0.306 e. The van der Waals surface area contributed by atoms with Crippen molar-refractivity contribution in [3.63, 3.8) is 0 Å². The molecule has 0 radical (unpaired) electrons. The second kappa shape index (κ2) is 79.3. The van der Waals surface area contributed by atoms with E-state index in [0.29, 0.717) is 12.8 Å². The molecule has 1 unspecified atom stereocenters. The summed E-state index contributed by atoms with van der Waals surface area (Å²) in [5.41, 5.74) is 0. The molecule has 90 heavy (non-hydrogen) atoms. The molecule has 0 aliphatic rings. The minimum atomic E-state index is -0.787. The predicted molar refractivity (Wildman–Crippen MR) is 398 cm³/mol. The zero-order valence-corrected chi connectivity index (χ0v) is 59.4. The predicted octanol–water partition coefficient (Wildman–Crippen LogP) is 27.4. The van der Waals surface area contributed by atoms with Crippen LogP contribution in [-0.2, 0) is 19.1 Å². The van der Waals surface area contributed by atoms with Crippen LogP contribution in [0.25, 0.3) is 0 Å². The fourth-order valence-electron chi connectivity index (χ4n) is 11.2. The molecule has 0 saturated heterocycles. The Morgan fingerprint density at radius 3 is 0.722 bits per heavy atom. The quantitative estimate of drug-likeness (QED) is 0.0373. The van der Waals surface area contributed by atoms with E-state index in [1.807, 2.05) is 0 Å². The first-order valence-electron chi connectivity index (χ1n) is 38.7. The standard InChI is InChI=1S/C85H146O5/c1-3-5-7-9-11-13-15-17-19-21-23-25-27-29-31-33-35-37-39-40-41-42-43-44-46-48-50-52-54-56-58-60-62-64-66-68-70-72-74-76-78-80-85(88)90-83(81-86)82-89-84(87)79-77-75-73-71-69-67-65-63-61-59-57-55-53-51-49-47-45-38-36-34-32-30-28-26-24-22-20-18-16-14-12-10-8-6-4-2/h5,7,11,13,17,19,23,25,29,31,35,37,40-41,43-44,48,50,54,56,60,62,83,86H,3-4,6,8-10,12,14-16,18,20-22,24,26-28,30,32-34,36,38-39,42,45-47,49,51-53,55,57-59,61,63-82H2,1-2H3/b7-5-,13-11-,19-17-,25-23-,31-29-,37-35-,41-40-,44-43-,50-48-,56-54-,62-60-. The van der Waals surface area contributed by atoms with Crippen LogP contribution >= 0.6 is 0 Å². The molecule has 0 rings (SSSR count). The number of rotatable bonds is 71. The number of carbonyl (C=O) groups excluding carboxylic acids is 2. The van der Waals surface area contributed by atoms with Crippen molar-refractivity contribution in [3.05, 3.63) is 134 Å². The Bertz CT molecular complexity index is 1800. The van der Waals surface area contributed by atoms with Crippen LogP contribution in [0.3, 0.4) is 0 Å². The van der Waals surface area contributed by atoms with Gasteiger partial charge in [0.05, 0.1) is 6.61 Å². The maximum absolute atomic E-state index is 12.4. The summed E-state index contributed by atoms with van der Waals surface area (Å²) in [4.78, 5) is 24.7. The van der Waals surface area contributed by atoms with Crippen molar-refractivity contribution >= 4 is 11.9 Å². The van der Waals surface area contributed by atoms with Gasteiger partial charge in [-0.1, -0.05) is 398 Å². The molecule has 0 aromatic carbocycles. The van der Waals surface area contributed by atoms with Crippen LogP contribution in [-0.4, -0.2) is 36.4 Å². The Balaban J connectivity index is 3.51. The van der Waals surface area contributed by atoms with Crippen LogP contribution < -0.4 is 0 Å². The van der Waals surface area contributed by atoms with E-state index in [0.717, 1.165) is 116 Å². The van der Waals surface area contributed by atoms with Gasteiger partial charge in [0.15, 0.2) is 6.10 Å². The third kappa shape index (κ3) is 76.5. The van der Waals surface area contributed by atoms with Crippen molar-refractivity contribution in [1.29, 1.82) is 0 Å². The van der Waals surface area contributed by atoms with Crippen molar-refractivity contribution in [3.8, 4) is 0 Å². The average molecular weight is 1250 g/mol. The second-order valence-electron chi connectivity index (χ2n) is 25.7. The van der Waals surface area contributed by atoms with Gasteiger partial charge >= 0.3 is 11.9 Å². The fourth-order valence-corrected chi connectivity index (χ4v) is 11.2. The number of carbonyl (C=O) groups is 2. The lowest BCUT2D eigenvalue weighted by Gasteiger charge is -2.15. The number of allylic oxidation sites excluding steroid dienone is 22. The van der Waals surface area contributed by atoms with Crippen molar-refractivity contribution in [1.82, 2.24) is 0 Å². The summed E-state index contributed by atoms with van der Waals surface area (Å²) in [7, 11) is 0. The first-order valence-corrected chi connectivity index (χ1v) is 38.7. The number of ether oxygens (including phenoxy) is 2. The monoisotopic (exact) mass is 1250 g/mol. The largest absolute Gasteiger partial charge is 0.462 e. The van der Waals surface area contributed by atoms with Crippen LogP contribution in [0.5, 0.6) is 0 Å². The van der Waals surface area contributed by atoms with E-state index in [4.69, 9.17) is 9.47 Å². The lowest BCUT2D eigenvalue weighted by Crippen LogP contribution is -2.28. The van der Waals surface area contributed by atoms with Crippen LogP contribution in [0, 0.1) is 0 Å². The van der Waals surface area contributed by atoms with Gasteiger partial charge < -0.3 is 14.6 Å². The smallest absolute Gasteiger partial charge is 0.306 e. The Morgan fingerprint density at radius 2 is 0.478 bits per heavy atom. The number of hydrogen-bond donors (Lipinski definition) is 1. The molecule has 0 amide bonds. The Hall–Kier alpha value is -3.96. The van der Waals surface area contributed by atoms with Gasteiger partial charge in [-0.3, -0.25) is 9.59 Å². The highest BCUT2D eigenvalue weighted by Gasteiger charge is 2.16. The molecule has 0 bridgehead atoms. The fraction of sp³-hybridized carbons (Fsp3) is 0.718. The van der Waals surface area contributed by atoms with Gasteiger partial charge in [0, 0.05) is 12.8 Å². The minimum Gasteiger partial charge on any atom is -0.462 e. The topological polar surface area (TPSA) is 72.8 Å². The van der Waals surface area contributed by atoms with E-state index in [1.54, 1.807) is 0 Å². The third-order valence-corrected chi connectivity index (χ3v) is 17.0. The number of aliphatic hydroxyl groups excluding tert-OH is 1. The molecule has 0 aromatic heterocycles. The van der Waals surface area contributed by atoms with E-state index in [-0.39, 0.29) is 25.2 Å². The van der Waals surface area contributed by atoms with Gasteiger partial charge in [0.1, 0.15) is 6.61 Å². The van der Waals surface area contributed by atoms with E-state index >= 15 is 0 Å². The molecule has 0 spiro atoms.